The van der Waals surface area contributed by atoms with Crippen molar-refractivity contribution < 1.29 is 13.2 Å². The van der Waals surface area contributed by atoms with Gasteiger partial charge >= 0.3 is 0 Å². The predicted octanol–water partition coefficient (Wildman–Crippen LogP) is 2.83. The lowest BCUT2D eigenvalue weighted by Gasteiger charge is -2.14. The Bertz CT molecular complexity index is 1100. The average molecular weight is 382 g/mol. The summed E-state index contributed by atoms with van der Waals surface area (Å²) in [5, 5.41) is 10.8. The van der Waals surface area contributed by atoms with E-state index >= 15 is 0 Å². The number of carbonyl (C=O) groups is 1. The van der Waals surface area contributed by atoms with Gasteiger partial charge in [-0.2, -0.15) is 0 Å². The summed E-state index contributed by atoms with van der Waals surface area (Å²) in [4.78, 5) is 13.0. The van der Waals surface area contributed by atoms with E-state index in [1.807, 2.05) is 20.8 Å². The van der Waals surface area contributed by atoms with Crippen LogP contribution < -0.4 is 4.72 Å². The standard InChI is InChI=1S/C19H18N4O3S/c1-12-4-6-15(7-5-12)27(25,26)22-18-11-14(3)13(2)10-16(18)19(24)17-8-9-20-23-21-17/h4-11,22H,1-3H3. The molecule has 2 aromatic carbocycles. The van der Waals surface area contributed by atoms with Crippen LogP contribution in [-0.4, -0.2) is 29.6 Å². The quantitative estimate of drug-likeness (QED) is 0.681. The van der Waals surface area contributed by atoms with Gasteiger partial charge in [0, 0.05) is 5.56 Å². The van der Waals surface area contributed by atoms with E-state index in [0.29, 0.717) is 0 Å². The maximum Gasteiger partial charge on any atom is 0.261 e. The van der Waals surface area contributed by atoms with Gasteiger partial charge in [-0.3, -0.25) is 9.52 Å². The van der Waals surface area contributed by atoms with Crippen molar-refractivity contribution in [3.05, 3.63) is 76.6 Å². The first-order valence-electron chi connectivity index (χ1n) is 8.18. The summed E-state index contributed by atoms with van der Waals surface area (Å²) in [5.74, 6) is -0.436. The number of carbonyl (C=O) groups excluding carboxylic acids is 1. The second-order valence-electron chi connectivity index (χ2n) is 6.24. The van der Waals surface area contributed by atoms with Crippen LogP contribution in [0.2, 0.25) is 0 Å². The highest BCUT2D eigenvalue weighted by Crippen LogP contribution is 2.26. The lowest BCUT2D eigenvalue weighted by molar-refractivity contribution is 0.103. The Balaban J connectivity index is 2.06. The fourth-order valence-electron chi connectivity index (χ4n) is 2.51. The van der Waals surface area contributed by atoms with Gasteiger partial charge in [-0.15, -0.1) is 10.2 Å². The largest absolute Gasteiger partial charge is 0.287 e. The molecule has 0 bridgehead atoms. The van der Waals surface area contributed by atoms with Gasteiger partial charge in [0.15, 0.2) is 0 Å². The summed E-state index contributed by atoms with van der Waals surface area (Å²) >= 11 is 0. The fourth-order valence-corrected chi connectivity index (χ4v) is 3.58. The normalized spacial score (nSPS) is 11.2. The van der Waals surface area contributed by atoms with Gasteiger partial charge in [-0.1, -0.05) is 17.7 Å². The second-order valence-corrected chi connectivity index (χ2v) is 7.92. The number of nitrogens with zero attached hydrogens (tertiary/aromatic N) is 3. The van der Waals surface area contributed by atoms with Crippen molar-refractivity contribution >= 4 is 21.5 Å². The van der Waals surface area contributed by atoms with Crippen LogP contribution >= 0.6 is 0 Å². The van der Waals surface area contributed by atoms with Crippen molar-refractivity contribution in [2.75, 3.05) is 4.72 Å². The van der Waals surface area contributed by atoms with Crippen LogP contribution in [0.25, 0.3) is 0 Å². The zero-order chi connectivity index (χ0) is 19.6. The molecule has 0 aliphatic rings. The molecule has 1 N–H and O–H groups in total. The fraction of sp³-hybridized carbons (Fsp3) is 0.158. The van der Waals surface area contributed by atoms with Crippen molar-refractivity contribution in [3.63, 3.8) is 0 Å². The number of aryl methyl sites for hydroxylation is 3. The number of nitrogens with one attached hydrogen (secondary N) is 1. The summed E-state index contributed by atoms with van der Waals surface area (Å²) < 4.78 is 28.0. The van der Waals surface area contributed by atoms with Gasteiger partial charge < -0.3 is 0 Å². The van der Waals surface area contributed by atoms with Crippen molar-refractivity contribution in [1.82, 2.24) is 15.4 Å². The van der Waals surface area contributed by atoms with Crippen molar-refractivity contribution in [3.8, 4) is 0 Å². The van der Waals surface area contributed by atoms with E-state index in [2.05, 4.69) is 20.1 Å². The van der Waals surface area contributed by atoms with Gasteiger partial charge in [-0.05, 0) is 67.4 Å². The molecule has 1 heterocycles. The Labute approximate surface area is 157 Å². The smallest absolute Gasteiger partial charge is 0.261 e. The third-order valence-corrected chi connectivity index (χ3v) is 5.57. The Morgan fingerprint density at radius 2 is 1.63 bits per heavy atom. The zero-order valence-corrected chi connectivity index (χ0v) is 15.9. The van der Waals surface area contributed by atoms with E-state index in [1.54, 1.807) is 24.3 Å². The van der Waals surface area contributed by atoms with E-state index in [-0.39, 0.29) is 21.8 Å². The highest BCUT2D eigenvalue weighted by atomic mass is 32.2. The van der Waals surface area contributed by atoms with Crippen molar-refractivity contribution in [1.29, 1.82) is 0 Å². The van der Waals surface area contributed by atoms with Gasteiger partial charge in [0.25, 0.3) is 10.0 Å². The van der Waals surface area contributed by atoms with Crippen LogP contribution in [0.4, 0.5) is 5.69 Å². The zero-order valence-electron chi connectivity index (χ0n) is 15.1. The molecule has 3 rings (SSSR count). The minimum Gasteiger partial charge on any atom is -0.287 e. The second kappa shape index (κ2) is 7.24. The number of anilines is 1. The molecule has 8 heteroatoms. The molecular weight excluding hydrogens is 364 g/mol. The number of sulfonamides is 1. The molecule has 1 aromatic heterocycles. The molecule has 0 spiro atoms. The van der Waals surface area contributed by atoms with Crippen LogP contribution in [0.3, 0.4) is 0 Å². The molecule has 0 atom stereocenters. The number of rotatable bonds is 5. The number of ketones is 1. The molecule has 138 valence electrons. The molecule has 0 fully saturated rings. The Hall–Kier alpha value is -3.13. The van der Waals surface area contributed by atoms with Crippen LogP contribution in [0.5, 0.6) is 0 Å². The lowest BCUT2D eigenvalue weighted by Crippen LogP contribution is -2.17. The number of benzene rings is 2. The van der Waals surface area contributed by atoms with Crippen molar-refractivity contribution in [2.45, 2.75) is 25.7 Å². The third kappa shape index (κ3) is 4.01. The molecule has 0 unspecified atom stereocenters. The molecule has 0 aliphatic carbocycles. The van der Waals surface area contributed by atoms with E-state index in [0.717, 1.165) is 16.7 Å². The Morgan fingerprint density at radius 1 is 0.963 bits per heavy atom. The summed E-state index contributed by atoms with van der Waals surface area (Å²) in [6, 6.07) is 11.2. The first-order chi connectivity index (χ1) is 12.8. The van der Waals surface area contributed by atoms with Crippen LogP contribution in [0.15, 0.2) is 53.6 Å². The minimum atomic E-state index is -3.85. The van der Waals surface area contributed by atoms with E-state index in [1.165, 1.54) is 24.4 Å². The minimum absolute atomic E-state index is 0.0871. The van der Waals surface area contributed by atoms with E-state index in [9.17, 15) is 13.2 Å². The van der Waals surface area contributed by atoms with Crippen LogP contribution in [0.1, 0.15) is 32.7 Å². The summed E-state index contributed by atoms with van der Waals surface area (Å²) in [6.07, 6.45) is 1.36. The highest BCUT2D eigenvalue weighted by molar-refractivity contribution is 7.92. The monoisotopic (exact) mass is 382 g/mol. The predicted molar refractivity (Wildman–Crippen MR) is 101 cm³/mol. The molecule has 0 saturated heterocycles. The third-order valence-electron chi connectivity index (χ3n) is 4.19. The molecule has 0 amide bonds. The van der Waals surface area contributed by atoms with Crippen LogP contribution in [-0.2, 0) is 10.0 Å². The lowest BCUT2D eigenvalue weighted by atomic mass is 10.00. The first kappa shape index (κ1) is 18.7. The SMILES string of the molecule is Cc1ccc(S(=O)(=O)Nc2cc(C)c(C)cc2C(=O)c2ccnnn2)cc1. The molecule has 0 saturated carbocycles. The molecular formula is C19H18N4O3S. The van der Waals surface area contributed by atoms with Gasteiger partial charge in [-0.25, -0.2) is 8.42 Å². The Morgan fingerprint density at radius 3 is 2.26 bits per heavy atom. The molecule has 3 aromatic rings. The molecule has 0 radical (unpaired) electrons. The summed E-state index contributed by atoms with van der Waals surface area (Å²) in [5.41, 5.74) is 3.15. The number of hydrogen-bond donors (Lipinski definition) is 1. The number of hydrogen-bond acceptors (Lipinski definition) is 6. The average Bonchev–Trinajstić information content (AvgIpc) is 2.65. The molecule has 27 heavy (non-hydrogen) atoms. The summed E-state index contributed by atoms with van der Waals surface area (Å²) in [7, 11) is -3.85. The van der Waals surface area contributed by atoms with Gasteiger partial charge in [0.2, 0.25) is 5.78 Å². The highest BCUT2D eigenvalue weighted by Gasteiger charge is 2.21. The topological polar surface area (TPSA) is 102 Å². The Kier molecular flexibility index (Phi) is 5.00. The van der Waals surface area contributed by atoms with Crippen LogP contribution in [0, 0.1) is 20.8 Å². The summed E-state index contributed by atoms with van der Waals surface area (Å²) in [6.45, 7) is 5.57. The van der Waals surface area contributed by atoms with Crippen molar-refractivity contribution in [2.24, 2.45) is 0 Å². The maximum atomic E-state index is 12.8. The molecule has 0 aliphatic heterocycles. The molecule has 7 nitrogen and oxygen atoms in total. The maximum absolute atomic E-state index is 12.8. The number of aromatic nitrogens is 3. The van der Waals surface area contributed by atoms with Gasteiger partial charge in [0.05, 0.1) is 16.8 Å². The van der Waals surface area contributed by atoms with Gasteiger partial charge in [0.1, 0.15) is 5.69 Å². The first-order valence-corrected chi connectivity index (χ1v) is 9.66. The van der Waals surface area contributed by atoms with E-state index in [4.69, 9.17) is 0 Å². The van der Waals surface area contributed by atoms with E-state index < -0.39 is 15.8 Å².